The first kappa shape index (κ1) is 11.9. The van der Waals surface area contributed by atoms with E-state index < -0.39 is 28.4 Å². The molecule has 1 aromatic rings. The molecule has 2 N–H and O–H groups in total. The molecule has 1 rings (SSSR count). The molecule has 0 saturated carbocycles. The lowest BCUT2D eigenvalue weighted by molar-refractivity contribution is -0.118. The Hall–Kier alpha value is -1.17. The molecule has 82 valence electrons. The Kier molecular flexibility index (Phi) is 3.62. The van der Waals surface area contributed by atoms with Crippen LogP contribution < -0.4 is 5.73 Å². The van der Waals surface area contributed by atoms with Gasteiger partial charge < -0.3 is 5.73 Å². The molecule has 1 aromatic carbocycles. The lowest BCUT2D eigenvalue weighted by Gasteiger charge is -2.14. The molecular weight excluding hydrogens is 227 g/mol. The highest BCUT2D eigenvalue weighted by Gasteiger charge is 2.36. The van der Waals surface area contributed by atoms with Crippen molar-refractivity contribution in [1.82, 2.24) is 0 Å². The van der Waals surface area contributed by atoms with Crippen LogP contribution in [0.5, 0.6) is 0 Å². The van der Waals surface area contributed by atoms with Crippen molar-refractivity contribution in [2.45, 2.75) is 10.8 Å². The van der Waals surface area contributed by atoms with E-state index in [0.717, 1.165) is 0 Å². The van der Waals surface area contributed by atoms with Crippen molar-refractivity contribution in [1.29, 1.82) is 0 Å². The summed E-state index contributed by atoms with van der Waals surface area (Å²) in [4.78, 5) is 10.9. The number of carbonyl (C=O) groups is 1. The fraction of sp³-hybridized carbons (Fsp3) is 0.222. The van der Waals surface area contributed by atoms with E-state index in [2.05, 4.69) is 0 Å². The van der Waals surface area contributed by atoms with Crippen molar-refractivity contribution in [3.05, 3.63) is 35.9 Å². The monoisotopic (exact) mass is 235 g/mol. The van der Waals surface area contributed by atoms with Gasteiger partial charge >= 0.3 is 5.51 Å². The molecule has 0 spiro atoms. The third-order valence-corrected chi connectivity index (χ3v) is 2.62. The first-order valence-corrected chi connectivity index (χ1v) is 4.87. The molecule has 0 bridgehead atoms. The maximum absolute atomic E-state index is 12.1. The van der Waals surface area contributed by atoms with Gasteiger partial charge in [-0.3, -0.25) is 4.79 Å². The average Bonchev–Trinajstić information content (AvgIpc) is 2.14. The molecule has 0 aliphatic rings. The fourth-order valence-corrected chi connectivity index (χ4v) is 1.73. The van der Waals surface area contributed by atoms with Crippen molar-refractivity contribution in [3.8, 4) is 0 Å². The van der Waals surface area contributed by atoms with E-state index in [1.165, 1.54) is 12.1 Å². The van der Waals surface area contributed by atoms with Gasteiger partial charge in [0.2, 0.25) is 5.91 Å². The Labute approximate surface area is 88.6 Å². The third-order valence-electron chi connectivity index (χ3n) is 1.61. The first-order valence-electron chi connectivity index (χ1n) is 3.99. The zero-order valence-electron chi connectivity index (χ0n) is 7.49. The summed E-state index contributed by atoms with van der Waals surface area (Å²) in [7, 11) is 0. The van der Waals surface area contributed by atoms with Crippen LogP contribution in [0.4, 0.5) is 13.2 Å². The maximum atomic E-state index is 12.1. The number of amides is 1. The van der Waals surface area contributed by atoms with E-state index >= 15 is 0 Å². The molecule has 0 heterocycles. The Morgan fingerprint density at radius 2 is 1.80 bits per heavy atom. The molecule has 0 aromatic heterocycles. The zero-order chi connectivity index (χ0) is 11.5. The van der Waals surface area contributed by atoms with E-state index in [0.29, 0.717) is 0 Å². The molecular formula is C9H8F3NOS. The van der Waals surface area contributed by atoms with Gasteiger partial charge in [-0.25, -0.2) is 0 Å². The SMILES string of the molecule is NC(=O)C(SC(F)(F)F)c1ccccc1. The normalized spacial score (nSPS) is 13.5. The Morgan fingerprint density at radius 1 is 1.27 bits per heavy atom. The lowest BCUT2D eigenvalue weighted by atomic mass is 10.1. The van der Waals surface area contributed by atoms with Gasteiger partial charge in [0.1, 0.15) is 5.25 Å². The summed E-state index contributed by atoms with van der Waals surface area (Å²) in [6.45, 7) is 0. The number of benzene rings is 1. The number of hydrogen-bond donors (Lipinski definition) is 1. The molecule has 0 aliphatic heterocycles. The van der Waals surface area contributed by atoms with Gasteiger partial charge in [0, 0.05) is 0 Å². The fourth-order valence-electron chi connectivity index (χ4n) is 1.05. The van der Waals surface area contributed by atoms with Crippen LogP contribution in [0.25, 0.3) is 0 Å². The van der Waals surface area contributed by atoms with Gasteiger partial charge in [-0.15, -0.1) is 0 Å². The number of primary amides is 1. The molecule has 1 atom stereocenters. The summed E-state index contributed by atoms with van der Waals surface area (Å²) in [5.74, 6) is -0.997. The number of nitrogens with two attached hydrogens (primary N) is 1. The van der Waals surface area contributed by atoms with Gasteiger partial charge in [0.25, 0.3) is 0 Å². The number of rotatable bonds is 3. The molecule has 2 nitrogen and oxygen atoms in total. The summed E-state index contributed by atoms with van der Waals surface area (Å²) in [6.07, 6.45) is 0. The third kappa shape index (κ3) is 3.83. The van der Waals surface area contributed by atoms with Crippen molar-refractivity contribution in [3.63, 3.8) is 0 Å². The lowest BCUT2D eigenvalue weighted by Crippen LogP contribution is -2.22. The molecule has 15 heavy (non-hydrogen) atoms. The van der Waals surface area contributed by atoms with Crippen molar-refractivity contribution >= 4 is 17.7 Å². The van der Waals surface area contributed by atoms with Crippen LogP contribution in [-0.2, 0) is 4.79 Å². The van der Waals surface area contributed by atoms with Crippen LogP contribution in [0.15, 0.2) is 30.3 Å². The van der Waals surface area contributed by atoms with Crippen LogP contribution >= 0.6 is 11.8 Å². The molecule has 0 aliphatic carbocycles. The Balaban J connectivity index is 2.90. The van der Waals surface area contributed by atoms with Crippen LogP contribution in [0, 0.1) is 0 Å². The maximum Gasteiger partial charge on any atom is 0.442 e. The van der Waals surface area contributed by atoms with Gasteiger partial charge in [-0.05, 0) is 17.3 Å². The van der Waals surface area contributed by atoms with Crippen molar-refractivity contribution in [2.24, 2.45) is 5.73 Å². The molecule has 1 amide bonds. The summed E-state index contributed by atoms with van der Waals surface area (Å²) in [5.41, 5.74) is 0.696. The second kappa shape index (κ2) is 4.57. The molecule has 0 fully saturated rings. The standard InChI is InChI=1S/C9H8F3NOS/c10-9(11,12)15-7(8(13)14)6-4-2-1-3-5-6/h1-5,7H,(H2,13,14). The van der Waals surface area contributed by atoms with Crippen LogP contribution in [0.2, 0.25) is 0 Å². The van der Waals surface area contributed by atoms with E-state index in [1.54, 1.807) is 18.2 Å². The molecule has 1 unspecified atom stereocenters. The second-order valence-corrected chi connectivity index (χ2v) is 3.93. The predicted octanol–water partition coefficient (Wildman–Crippen LogP) is 2.47. The number of alkyl halides is 3. The number of thioether (sulfide) groups is 1. The highest BCUT2D eigenvalue weighted by Crippen LogP contribution is 2.41. The van der Waals surface area contributed by atoms with Crippen molar-refractivity contribution < 1.29 is 18.0 Å². The smallest absolute Gasteiger partial charge is 0.368 e. The van der Waals surface area contributed by atoms with E-state index in [-0.39, 0.29) is 5.56 Å². The Bertz CT molecular complexity index is 339. The quantitative estimate of drug-likeness (QED) is 0.874. The number of hydrogen-bond acceptors (Lipinski definition) is 2. The van der Waals surface area contributed by atoms with Crippen LogP contribution in [-0.4, -0.2) is 11.4 Å². The topological polar surface area (TPSA) is 43.1 Å². The summed E-state index contributed by atoms with van der Waals surface area (Å²) in [6, 6.07) is 7.65. The summed E-state index contributed by atoms with van der Waals surface area (Å²) >= 11 is -0.411. The van der Waals surface area contributed by atoms with E-state index in [4.69, 9.17) is 5.73 Å². The first-order chi connectivity index (χ1) is 6.90. The van der Waals surface area contributed by atoms with Gasteiger partial charge in [0.15, 0.2) is 0 Å². The number of carbonyl (C=O) groups excluding carboxylic acids is 1. The minimum absolute atomic E-state index is 0.257. The molecule has 6 heteroatoms. The Morgan fingerprint density at radius 3 is 2.20 bits per heavy atom. The van der Waals surface area contributed by atoms with Gasteiger partial charge in [-0.2, -0.15) is 13.2 Å². The zero-order valence-corrected chi connectivity index (χ0v) is 8.31. The van der Waals surface area contributed by atoms with E-state index in [9.17, 15) is 18.0 Å². The highest BCUT2D eigenvalue weighted by atomic mass is 32.2. The molecule has 0 saturated heterocycles. The minimum Gasteiger partial charge on any atom is -0.368 e. The van der Waals surface area contributed by atoms with Gasteiger partial charge in [-0.1, -0.05) is 30.3 Å². The summed E-state index contributed by atoms with van der Waals surface area (Å²) < 4.78 is 36.3. The highest BCUT2D eigenvalue weighted by molar-refractivity contribution is 8.01. The van der Waals surface area contributed by atoms with Crippen LogP contribution in [0.1, 0.15) is 10.8 Å². The average molecular weight is 235 g/mol. The summed E-state index contributed by atoms with van der Waals surface area (Å²) in [5, 5.41) is -1.38. The van der Waals surface area contributed by atoms with Crippen molar-refractivity contribution in [2.75, 3.05) is 0 Å². The number of halogens is 3. The minimum atomic E-state index is -4.48. The van der Waals surface area contributed by atoms with E-state index in [1.807, 2.05) is 0 Å². The van der Waals surface area contributed by atoms with Gasteiger partial charge in [0.05, 0.1) is 0 Å². The largest absolute Gasteiger partial charge is 0.442 e. The molecule has 0 radical (unpaired) electrons. The second-order valence-electron chi connectivity index (χ2n) is 2.76. The predicted molar refractivity (Wildman–Crippen MR) is 52.0 cm³/mol. The van der Waals surface area contributed by atoms with Crippen LogP contribution in [0.3, 0.4) is 0 Å².